The van der Waals surface area contributed by atoms with Crippen LogP contribution in [0.25, 0.3) is 10.8 Å². The number of nitrogens with zero attached hydrogens (tertiary/aromatic N) is 1. The van der Waals surface area contributed by atoms with Crippen LogP contribution in [0.5, 0.6) is 0 Å². The van der Waals surface area contributed by atoms with E-state index < -0.39 is 0 Å². The van der Waals surface area contributed by atoms with Gasteiger partial charge in [-0.05, 0) is 29.3 Å². The summed E-state index contributed by atoms with van der Waals surface area (Å²) in [6.07, 6.45) is 0.874. The van der Waals surface area contributed by atoms with E-state index in [0.29, 0.717) is 24.4 Å². The van der Waals surface area contributed by atoms with Gasteiger partial charge in [-0.25, -0.2) is 0 Å². The quantitative estimate of drug-likeness (QED) is 0.809. The number of anilines is 1. The summed E-state index contributed by atoms with van der Waals surface area (Å²) >= 11 is 0. The number of nitrogens with two attached hydrogens (primary N) is 1. The van der Waals surface area contributed by atoms with E-state index in [1.807, 2.05) is 41.3 Å². The molecule has 1 heterocycles. The Hall–Kier alpha value is -2.07. The van der Waals surface area contributed by atoms with Gasteiger partial charge in [-0.3, -0.25) is 4.79 Å². The van der Waals surface area contributed by atoms with Crippen molar-refractivity contribution in [3.05, 3.63) is 42.0 Å². The zero-order valence-corrected chi connectivity index (χ0v) is 11.3. The molecule has 4 heteroatoms. The van der Waals surface area contributed by atoms with Crippen molar-refractivity contribution >= 4 is 22.4 Å². The molecule has 0 atom stereocenters. The number of nitrogen functional groups attached to an aromatic ring is 1. The van der Waals surface area contributed by atoms with Crippen molar-refractivity contribution in [3.8, 4) is 0 Å². The molecular weight excluding hydrogens is 252 g/mol. The van der Waals surface area contributed by atoms with Crippen molar-refractivity contribution in [2.45, 2.75) is 6.42 Å². The molecule has 20 heavy (non-hydrogen) atoms. The number of carbonyl (C=O) groups excluding carboxylic acids is 1. The fourth-order valence-corrected chi connectivity index (χ4v) is 2.56. The van der Waals surface area contributed by atoms with Crippen molar-refractivity contribution in [1.82, 2.24) is 4.90 Å². The molecular formula is C16H18N2O2. The number of amides is 1. The Kier molecular flexibility index (Phi) is 3.56. The van der Waals surface area contributed by atoms with Crippen LogP contribution in [0.4, 0.5) is 5.69 Å². The predicted molar refractivity (Wildman–Crippen MR) is 79.7 cm³/mol. The van der Waals surface area contributed by atoms with Gasteiger partial charge in [-0.2, -0.15) is 0 Å². The van der Waals surface area contributed by atoms with Gasteiger partial charge in [0.2, 0.25) is 0 Å². The van der Waals surface area contributed by atoms with Crippen LogP contribution >= 0.6 is 0 Å². The molecule has 0 aromatic heterocycles. The predicted octanol–water partition coefficient (Wildman–Crippen LogP) is 2.28. The van der Waals surface area contributed by atoms with Crippen molar-refractivity contribution in [3.63, 3.8) is 0 Å². The third kappa shape index (κ3) is 2.47. The number of benzene rings is 2. The van der Waals surface area contributed by atoms with E-state index in [0.717, 1.165) is 30.3 Å². The molecule has 0 unspecified atom stereocenters. The van der Waals surface area contributed by atoms with Crippen LogP contribution in [0.1, 0.15) is 16.8 Å². The zero-order chi connectivity index (χ0) is 13.9. The Balaban J connectivity index is 1.95. The number of hydrogen-bond acceptors (Lipinski definition) is 3. The van der Waals surface area contributed by atoms with Crippen LogP contribution in [0, 0.1) is 0 Å². The van der Waals surface area contributed by atoms with E-state index in [1.54, 1.807) is 0 Å². The van der Waals surface area contributed by atoms with Gasteiger partial charge in [0.25, 0.3) is 5.91 Å². The summed E-state index contributed by atoms with van der Waals surface area (Å²) in [5.74, 6) is -0.00115. The van der Waals surface area contributed by atoms with Crippen molar-refractivity contribution < 1.29 is 9.53 Å². The number of fused-ring (bicyclic) bond motifs is 1. The first kappa shape index (κ1) is 12.9. The molecule has 0 aliphatic carbocycles. The highest BCUT2D eigenvalue weighted by atomic mass is 16.5. The standard InChI is InChI=1S/C16H18N2O2/c17-15-11-13-5-2-1-4-12(13)10-14(15)16(19)18-6-3-8-20-9-7-18/h1-2,4-5,10-11H,3,6-9,17H2. The van der Waals surface area contributed by atoms with Gasteiger partial charge in [-0.1, -0.05) is 24.3 Å². The minimum Gasteiger partial charge on any atom is -0.398 e. The van der Waals surface area contributed by atoms with Gasteiger partial charge < -0.3 is 15.4 Å². The summed E-state index contributed by atoms with van der Waals surface area (Å²) in [7, 11) is 0. The topological polar surface area (TPSA) is 55.6 Å². The Morgan fingerprint density at radius 1 is 1.10 bits per heavy atom. The first-order chi connectivity index (χ1) is 9.75. The normalized spacial score (nSPS) is 16.1. The van der Waals surface area contributed by atoms with E-state index in [4.69, 9.17) is 10.5 Å². The molecule has 1 amide bonds. The van der Waals surface area contributed by atoms with E-state index in [2.05, 4.69) is 0 Å². The molecule has 1 aliphatic rings. The second-order valence-electron chi connectivity index (χ2n) is 5.04. The van der Waals surface area contributed by atoms with Crippen molar-refractivity contribution in [2.75, 3.05) is 32.0 Å². The van der Waals surface area contributed by atoms with Gasteiger partial charge in [0.05, 0.1) is 12.2 Å². The monoisotopic (exact) mass is 270 g/mol. The highest BCUT2D eigenvalue weighted by molar-refractivity contribution is 6.03. The summed E-state index contributed by atoms with van der Waals surface area (Å²) in [5, 5.41) is 2.09. The van der Waals surface area contributed by atoms with Gasteiger partial charge in [0.15, 0.2) is 0 Å². The molecule has 2 N–H and O–H groups in total. The molecule has 0 spiro atoms. The Morgan fingerprint density at radius 3 is 2.65 bits per heavy atom. The lowest BCUT2D eigenvalue weighted by molar-refractivity contribution is 0.0742. The Bertz CT molecular complexity index is 631. The molecule has 1 saturated heterocycles. The van der Waals surface area contributed by atoms with Crippen LogP contribution in [-0.2, 0) is 4.74 Å². The zero-order valence-electron chi connectivity index (χ0n) is 11.3. The minimum absolute atomic E-state index is 0.00115. The second kappa shape index (κ2) is 5.51. The fourth-order valence-electron chi connectivity index (χ4n) is 2.56. The smallest absolute Gasteiger partial charge is 0.256 e. The van der Waals surface area contributed by atoms with Gasteiger partial charge >= 0.3 is 0 Å². The molecule has 0 radical (unpaired) electrons. The molecule has 0 bridgehead atoms. The number of carbonyl (C=O) groups is 1. The summed E-state index contributed by atoms with van der Waals surface area (Å²) < 4.78 is 5.39. The first-order valence-corrected chi connectivity index (χ1v) is 6.91. The van der Waals surface area contributed by atoms with E-state index in [1.165, 1.54) is 0 Å². The third-order valence-corrected chi connectivity index (χ3v) is 3.66. The molecule has 1 fully saturated rings. The Morgan fingerprint density at radius 2 is 1.85 bits per heavy atom. The molecule has 2 aromatic rings. The molecule has 2 aromatic carbocycles. The SMILES string of the molecule is Nc1cc2ccccc2cc1C(=O)N1CCCOCC1. The molecule has 1 aliphatic heterocycles. The van der Waals surface area contributed by atoms with Crippen LogP contribution in [0.3, 0.4) is 0 Å². The lowest BCUT2D eigenvalue weighted by Crippen LogP contribution is -2.33. The van der Waals surface area contributed by atoms with E-state index in [-0.39, 0.29) is 5.91 Å². The molecule has 104 valence electrons. The van der Waals surface area contributed by atoms with E-state index >= 15 is 0 Å². The maximum atomic E-state index is 12.6. The minimum atomic E-state index is -0.00115. The highest BCUT2D eigenvalue weighted by Gasteiger charge is 2.19. The molecule has 0 saturated carbocycles. The summed E-state index contributed by atoms with van der Waals surface area (Å²) in [5.41, 5.74) is 7.18. The largest absolute Gasteiger partial charge is 0.398 e. The molecule has 3 rings (SSSR count). The lowest BCUT2D eigenvalue weighted by atomic mass is 10.0. The van der Waals surface area contributed by atoms with Crippen LogP contribution in [0.15, 0.2) is 36.4 Å². The van der Waals surface area contributed by atoms with Gasteiger partial charge in [0, 0.05) is 25.4 Å². The summed E-state index contributed by atoms with van der Waals surface area (Å²) in [4.78, 5) is 14.4. The van der Waals surface area contributed by atoms with Gasteiger partial charge in [-0.15, -0.1) is 0 Å². The number of ether oxygens (including phenoxy) is 1. The van der Waals surface area contributed by atoms with Crippen LogP contribution in [0.2, 0.25) is 0 Å². The average Bonchev–Trinajstić information content (AvgIpc) is 2.75. The van der Waals surface area contributed by atoms with Crippen LogP contribution in [-0.4, -0.2) is 37.1 Å². The maximum absolute atomic E-state index is 12.6. The van der Waals surface area contributed by atoms with Crippen molar-refractivity contribution in [1.29, 1.82) is 0 Å². The number of hydrogen-bond donors (Lipinski definition) is 1. The maximum Gasteiger partial charge on any atom is 0.256 e. The summed E-state index contributed by atoms with van der Waals surface area (Å²) in [6, 6.07) is 11.7. The van der Waals surface area contributed by atoms with Crippen LogP contribution < -0.4 is 5.73 Å². The third-order valence-electron chi connectivity index (χ3n) is 3.66. The fraction of sp³-hybridized carbons (Fsp3) is 0.312. The lowest BCUT2D eigenvalue weighted by Gasteiger charge is -2.20. The van der Waals surface area contributed by atoms with E-state index in [9.17, 15) is 4.79 Å². The molecule has 4 nitrogen and oxygen atoms in total. The van der Waals surface area contributed by atoms with Gasteiger partial charge in [0.1, 0.15) is 0 Å². The Labute approximate surface area is 118 Å². The summed E-state index contributed by atoms with van der Waals surface area (Å²) in [6.45, 7) is 2.67. The van der Waals surface area contributed by atoms with Crippen molar-refractivity contribution in [2.24, 2.45) is 0 Å². The highest BCUT2D eigenvalue weighted by Crippen LogP contribution is 2.23. The first-order valence-electron chi connectivity index (χ1n) is 6.91. The second-order valence-corrected chi connectivity index (χ2v) is 5.04. The number of rotatable bonds is 1. The average molecular weight is 270 g/mol.